The van der Waals surface area contributed by atoms with Crippen LogP contribution in [0.3, 0.4) is 0 Å². The highest BCUT2D eigenvalue weighted by Crippen LogP contribution is 2.19. The van der Waals surface area contributed by atoms with Crippen molar-refractivity contribution in [2.45, 2.75) is 45.6 Å². The fourth-order valence-corrected chi connectivity index (χ4v) is 2.16. The van der Waals surface area contributed by atoms with E-state index in [9.17, 15) is 4.79 Å². The van der Waals surface area contributed by atoms with Gasteiger partial charge in [-0.15, -0.1) is 0 Å². The molecule has 1 aliphatic rings. The maximum Gasteiger partial charge on any atom is 0.306 e. The molecule has 0 fully saturated rings. The molecule has 0 aromatic carbocycles. The smallest absolute Gasteiger partial charge is 0.306 e. The average Bonchev–Trinajstić information content (AvgIpc) is 2.70. The summed E-state index contributed by atoms with van der Waals surface area (Å²) in [5, 5.41) is 4.35. The molecule has 2 heterocycles. The van der Waals surface area contributed by atoms with E-state index in [1.807, 2.05) is 13.1 Å². The Morgan fingerprint density at radius 3 is 3.25 bits per heavy atom. The summed E-state index contributed by atoms with van der Waals surface area (Å²) in [6, 6.07) is 0. The summed E-state index contributed by atoms with van der Waals surface area (Å²) in [7, 11) is 0. The molecule has 0 atom stereocenters. The number of carbonyl (C=O) groups excluding carboxylic acids is 1. The molecule has 0 amide bonds. The second-order valence-electron chi connectivity index (χ2n) is 4.10. The molecule has 0 spiro atoms. The maximum atomic E-state index is 11.3. The van der Waals surface area contributed by atoms with Crippen LogP contribution in [0.25, 0.3) is 0 Å². The van der Waals surface area contributed by atoms with Gasteiger partial charge in [0.25, 0.3) is 0 Å². The van der Waals surface area contributed by atoms with Crippen LogP contribution in [0.5, 0.6) is 0 Å². The predicted molar refractivity (Wildman–Crippen MR) is 60.1 cm³/mol. The summed E-state index contributed by atoms with van der Waals surface area (Å²) in [6.45, 7) is 3.32. The van der Waals surface area contributed by atoms with Crippen LogP contribution >= 0.6 is 0 Å². The van der Waals surface area contributed by atoms with E-state index in [-0.39, 0.29) is 5.97 Å². The third-order valence-corrected chi connectivity index (χ3v) is 2.97. The number of nitrogens with zero attached hydrogens (tertiary/aromatic N) is 2. The number of rotatable bonds is 4. The summed E-state index contributed by atoms with van der Waals surface area (Å²) >= 11 is 0. The minimum absolute atomic E-state index is 0.113. The van der Waals surface area contributed by atoms with Crippen molar-refractivity contribution in [1.82, 2.24) is 9.78 Å². The van der Waals surface area contributed by atoms with Crippen molar-refractivity contribution in [2.24, 2.45) is 0 Å². The van der Waals surface area contributed by atoms with Crippen molar-refractivity contribution in [3.63, 3.8) is 0 Å². The van der Waals surface area contributed by atoms with Gasteiger partial charge in [0.1, 0.15) is 0 Å². The van der Waals surface area contributed by atoms with E-state index in [0.717, 1.165) is 19.4 Å². The Morgan fingerprint density at radius 1 is 1.56 bits per heavy atom. The standard InChI is InChI=1S/C12H18N2O2/c1-2-16-12(15)7-6-10-9-13-14-8-4-3-5-11(10)14/h9H,2-8H2,1H3. The Kier molecular flexibility index (Phi) is 3.59. The van der Waals surface area contributed by atoms with Gasteiger partial charge in [-0.05, 0) is 38.2 Å². The predicted octanol–water partition coefficient (Wildman–Crippen LogP) is 1.72. The molecule has 0 unspecified atom stereocenters. The molecule has 88 valence electrons. The van der Waals surface area contributed by atoms with Crippen molar-refractivity contribution in [3.05, 3.63) is 17.5 Å². The van der Waals surface area contributed by atoms with Crippen molar-refractivity contribution in [3.8, 4) is 0 Å². The van der Waals surface area contributed by atoms with Crippen LogP contribution in [-0.4, -0.2) is 22.4 Å². The third-order valence-electron chi connectivity index (χ3n) is 2.97. The fourth-order valence-electron chi connectivity index (χ4n) is 2.16. The highest BCUT2D eigenvalue weighted by Gasteiger charge is 2.15. The van der Waals surface area contributed by atoms with Crippen LogP contribution < -0.4 is 0 Å². The minimum atomic E-state index is -0.113. The van der Waals surface area contributed by atoms with E-state index >= 15 is 0 Å². The summed E-state index contributed by atoms with van der Waals surface area (Å²) < 4.78 is 6.99. The van der Waals surface area contributed by atoms with Crippen LogP contribution in [0.2, 0.25) is 0 Å². The van der Waals surface area contributed by atoms with Crippen molar-refractivity contribution in [2.75, 3.05) is 6.61 Å². The Bertz CT molecular complexity index is 371. The average molecular weight is 222 g/mol. The van der Waals surface area contributed by atoms with Crippen LogP contribution in [0, 0.1) is 0 Å². The fraction of sp³-hybridized carbons (Fsp3) is 0.667. The first-order chi connectivity index (χ1) is 7.81. The molecule has 0 N–H and O–H groups in total. The molecule has 0 radical (unpaired) electrons. The SMILES string of the molecule is CCOC(=O)CCc1cnn2c1CCCC2. The van der Waals surface area contributed by atoms with Gasteiger partial charge in [0, 0.05) is 18.7 Å². The number of esters is 1. The first kappa shape index (κ1) is 11.2. The highest BCUT2D eigenvalue weighted by atomic mass is 16.5. The third kappa shape index (κ3) is 2.43. The number of hydrogen-bond donors (Lipinski definition) is 0. The van der Waals surface area contributed by atoms with Gasteiger partial charge in [0.15, 0.2) is 0 Å². The quantitative estimate of drug-likeness (QED) is 0.728. The highest BCUT2D eigenvalue weighted by molar-refractivity contribution is 5.69. The summed E-state index contributed by atoms with van der Waals surface area (Å²) in [4.78, 5) is 11.3. The molecular formula is C12H18N2O2. The van der Waals surface area contributed by atoms with E-state index in [1.54, 1.807) is 0 Å². The van der Waals surface area contributed by atoms with Gasteiger partial charge in [-0.3, -0.25) is 9.48 Å². The second kappa shape index (κ2) is 5.14. The Hall–Kier alpha value is -1.32. The normalized spacial score (nSPS) is 14.6. The summed E-state index contributed by atoms with van der Waals surface area (Å²) in [6.07, 6.45) is 6.67. The molecule has 0 saturated heterocycles. The molecule has 1 aromatic heterocycles. The van der Waals surface area contributed by atoms with Crippen LogP contribution in [0.4, 0.5) is 0 Å². The first-order valence-electron chi connectivity index (χ1n) is 6.00. The van der Waals surface area contributed by atoms with Crippen molar-refractivity contribution >= 4 is 5.97 Å². The number of hydrogen-bond acceptors (Lipinski definition) is 3. The molecule has 1 aromatic rings. The molecular weight excluding hydrogens is 204 g/mol. The van der Waals surface area contributed by atoms with Crippen LogP contribution in [-0.2, 0) is 28.9 Å². The van der Waals surface area contributed by atoms with Crippen LogP contribution in [0.1, 0.15) is 37.4 Å². The number of aromatic nitrogens is 2. The molecule has 4 nitrogen and oxygen atoms in total. The zero-order chi connectivity index (χ0) is 11.4. The number of aryl methyl sites for hydroxylation is 2. The van der Waals surface area contributed by atoms with Gasteiger partial charge < -0.3 is 4.74 Å². The van der Waals surface area contributed by atoms with Gasteiger partial charge in [-0.25, -0.2) is 0 Å². The van der Waals surface area contributed by atoms with Gasteiger partial charge >= 0.3 is 5.97 Å². The Labute approximate surface area is 95.6 Å². The van der Waals surface area contributed by atoms with Gasteiger partial charge in [0.2, 0.25) is 0 Å². The first-order valence-corrected chi connectivity index (χ1v) is 6.00. The Morgan fingerprint density at radius 2 is 2.44 bits per heavy atom. The topological polar surface area (TPSA) is 44.1 Å². The molecule has 0 bridgehead atoms. The lowest BCUT2D eigenvalue weighted by atomic mass is 10.0. The van der Waals surface area contributed by atoms with Crippen molar-refractivity contribution < 1.29 is 9.53 Å². The molecule has 1 aliphatic heterocycles. The van der Waals surface area contributed by atoms with E-state index < -0.39 is 0 Å². The van der Waals surface area contributed by atoms with Gasteiger partial charge in [0.05, 0.1) is 12.8 Å². The van der Waals surface area contributed by atoms with E-state index in [1.165, 1.54) is 24.1 Å². The Balaban J connectivity index is 1.94. The number of carbonyl (C=O) groups is 1. The maximum absolute atomic E-state index is 11.3. The molecule has 0 saturated carbocycles. The molecule has 0 aliphatic carbocycles. The van der Waals surface area contributed by atoms with E-state index in [4.69, 9.17) is 4.74 Å². The zero-order valence-electron chi connectivity index (χ0n) is 9.74. The second-order valence-corrected chi connectivity index (χ2v) is 4.10. The number of fused-ring (bicyclic) bond motifs is 1. The zero-order valence-corrected chi connectivity index (χ0v) is 9.74. The lowest BCUT2D eigenvalue weighted by molar-refractivity contribution is -0.143. The molecule has 2 rings (SSSR count). The molecule has 4 heteroatoms. The van der Waals surface area contributed by atoms with E-state index in [2.05, 4.69) is 9.78 Å². The van der Waals surface area contributed by atoms with Gasteiger partial charge in [-0.1, -0.05) is 0 Å². The van der Waals surface area contributed by atoms with Gasteiger partial charge in [-0.2, -0.15) is 5.10 Å². The lowest BCUT2D eigenvalue weighted by Gasteiger charge is -2.14. The number of ether oxygens (including phenoxy) is 1. The lowest BCUT2D eigenvalue weighted by Crippen LogP contribution is -2.12. The minimum Gasteiger partial charge on any atom is -0.466 e. The monoisotopic (exact) mass is 222 g/mol. The van der Waals surface area contributed by atoms with Crippen LogP contribution in [0.15, 0.2) is 6.20 Å². The summed E-state index contributed by atoms with van der Waals surface area (Å²) in [5.74, 6) is -0.113. The summed E-state index contributed by atoms with van der Waals surface area (Å²) in [5.41, 5.74) is 2.53. The van der Waals surface area contributed by atoms with Crippen molar-refractivity contribution in [1.29, 1.82) is 0 Å². The molecule has 16 heavy (non-hydrogen) atoms. The van der Waals surface area contributed by atoms with E-state index in [0.29, 0.717) is 13.0 Å². The largest absolute Gasteiger partial charge is 0.466 e.